The number of allylic oxidation sites excluding steroid dienone is 3. The molecule has 1 heterocycles. The third kappa shape index (κ3) is 3.57. The van der Waals surface area contributed by atoms with Gasteiger partial charge >= 0.3 is 73.0 Å². The quantitative estimate of drug-likeness (QED) is 0.379. The van der Waals surface area contributed by atoms with Gasteiger partial charge in [0.15, 0.2) is 0 Å². The van der Waals surface area contributed by atoms with Gasteiger partial charge in [-0.15, -0.1) is 0 Å². The number of rotatable bonds is 0. The van der Waals surface area contributed by atoms with Gasteiger partial charge in [-0.2, -0.15) is 0 Å². The average molecular weight is 169 g/mol. The first-order valence-corrected chi connectivity index (χ1v) is 4.13. The van der Waals surface area contributed by atoms with Gasteiger partial charge in [0.05, 0.1) is 0 Å². The molecule has 34 valence electrons. The van der Waals surface area contributed by atoms with Crippen molar-refractivity contribution in [1.29, 1.82) is 0 Å². The van der Waals surface area contributed by atoms with Crippen molar-refractivity contribution < 1.29 is 31.0 Å². The summed E-state index contributed by atoms with van der Waals surface area (Å²) in [6.45, 7) is 0. The first-order valence-electron chi connectivity index (χ1n) is 1.93. The Bertz CT molecular complexity index is 78.4. The van der Waals surface area contributed by atoms with E-state index < -0.39 is 0 Å². The standard InChI is InChI=1S/C5H6Se.Na.H/c1-2-4-6-5-3-1;;/h1-4H,5H2;;/q;+1;-1. The maximum atomic E-state index is 2.24. The summed E-state index contributed by atoms with van der Waals surface area (Å²) >= 11 is 0.786. The van der Waals surface area contributed by atoms with Crippen LogP contribution in [0.15, 0.2) is 23.2 Å². The second-order valence-corrected chi connectivity index (χ2v) is 3.06. The Hall–Kier alpha value is 0.999. The summed E-state index contributed by atoms with van der Waals surface area (Å²) in [4.78, 5) is 2.24. The van der Waals surface area contributed by atoms with Crippen molar-refractivity contribution in [3.05, 3.63) is 23.2 Å². The third-order valence-corrected chi connectivity index (χ3v) is 2.16. The molecule has 0 saturated carbocycles. The fourth-order valence-corrected chi connectivity index (χ4v) is 1.47. The van der Waals surface area contributed by atoms with Crippen molar-refractivity contribution in [2.24, 2.45) is 0 Å². The summed E-state index contributed by atoms with van der Waals surface area (Å²) in [7, 11) is 0. The van der Waals surface area contributed by atoms with Gasteiger partial charge in [-0.1, -0.05) is 0 Å². The number of hydrogen-bond donors (Lipinski definition) is 0. The van der Waals surface area contributed by atoms with Gasteiger partial charge in [0.1, 0.15) is 0 Å². The SMILES string of the molecule is C1=CC[Se]C=C1.[H-].[Na+]. The maximum absolute atomic E-state index is 2.24. The molecule has 0 saturated heterocycles. The van der Waals surface area contributed by atoms with Crippen LogP contribution in [0, 0.1) is 0 Å². The first-order chi connectivity index (χ1) is 3.00. The molecule has 0 unspecified atom stereocenters. The van der Waals surface area contributed by atoms with E-state index in [0.717, 1.165) is 15.0 Å². The Morgan fingerprint density at radius 3 is 2.43 bits per heavy atom. The van der Waals surface area contributed by atoms with Crippen LogP contribution in [0.4, 0.5) is 0 Å². The van der Waals surface area contributed by atoms with Crippen LogP contribution in [-0.2, 0) is 0 Å². The molecule has 0 aliphatic carbocycles. The predicted molar refractivity (Wildman–Crippen MR) is 30.0 cm³/mol. The molecule has 7 heavy (non-hydrogen) atoms. The topological polar surface area (TPSA) is 0 Å². The molecule has 1 aliphatic heterocycles. The fraction of sp³-hybridized carbons (Fsp3) is 0.200. The monoisotopic (exact) mass is 170 g/mol. The summed E-state index contributed by atoms with van der Waals surface area (Å²) in [5.74, 6) is 0. The summed E-state index contributed by atoms with van der Waals surface area (Å²) in [5, 5.41) is 1.30. The van der Waals surface area contributed by atoms with Gasteiger partial charge < -0.3 is 1.43 Å². The molecule has 0 N–H and O–H groups in total. The second kappa shape index (κ2) is 5.14. The Morgan fingerprint density at radius 2 is 2.29 bits per heavy atom. The van der Waals surface area contributed by atoms with Crippen molar-refractivity contribution in [2.75, 3.05) is 0 Å². The largest absolute Gasteiger partial charge is 1.00 e. The van der Waals surface area contributed by atoms with E-state index >= 15 is 0 Å². The van der Waals surface area contributed by atoms with E-state index in [1.807, 2.05) is 0 Å². The van der Waals surface area contributed by atoms with E-state index in [2.05, 4.69) is 23.2 Å². The van der Waals surface area contributed by atoms with Crippen LogP contribution in [0.2, 0.25) is 5.32 Å². The molecule has 0 atom stereocenters. The molecule has 0 spiro atoms. The molecule has 0 aromatic carbocycles. The predicted octanol–water partition coefficient (Wildman–Crippen LogP) is -1.69. The molecule has 1 aliphatic rings. The molecular formula is C5H7NaSe. The van der Waals surface area contributed by atoms with Crippen LogP contribution < -0.4 is 29.6 Å². The third-order valence-electron chi connectivity index (χ3n) is 0.614. The summed E-state index contributed by atoms with van der Waals surface area (Å²) in [6.07, 6.45) is 6.43. The van der Waals surface area contributed by atoms with Crippen LogP contribution in [0.3, 0.4) is 0 Å². The summed E-state index contributed by atoms with van der Waals surface area (Å²) in [5.41, 5.74) is 0. The molecule has 0 nitrogen and oxygen atoms in total. The Balaban J connectivity index is 0. The molecular weight excluding hydrogens is 162 g/mol. The molecule has 0 amide bonds. The zero-order chi connectivity index (χ0) is 4.24. The summed E-state index contributed by atoms with van der Waals surface area (Å²) < 4.78 is 0. The molecule has 1 rings (SSSR count). The van der Waals surface area contributed by atoms with Crippen LogP contribution in [-0.4, -0.2) is 15.0 Å². The van der Waals surface area contributed by atoms with Crippen LogP contribution in [0.25, 0.3) is 0 Å². The van der Waals surface area contributed by atoms with E-state index in [9.17, 15) is 0 Å². The van der Waals surface area contributed by atoms with E-state index in [-0.39, 0.29) is 31.0 Å². The minimum Gasteiger partial charge on any atom is -1.00 e. The number of hydrogen-bond acceptors (Lipinski definition) is 0. The van der Waals surface area contributed by atoms with E-state index in [4.69, 9.17) is 0 Å². The minimum absolute atomic E-state index is 0. The van der Waals surface area contributed by atoms with Gasteiger partial charge in [-0.25, -0.2) is 0 Å². The van der Waals surface area contributed by atoms with Crippen LogP contribution >= 0.6 is 0 Å². The maximum Gasteiger partial charge on any atom is 1.00 e. The normalized spacial score (nSPS) is 16.0. The molecule has 2 heteroatoms. The molecule has 0 fully saturated rings. The van der Waals surface area contributed by atoms with Gasteiger partial charge in [-0.3, -0.25) is 0 Å². The van der Waals surface area contributed by atoms with Crippen molar-refractivity contribution in [3.63, 3.8) is 0 Å². The van der Waals surface area contributed by atoms with Crippen LogP contribution in [0.1, 0.15) is 1.43 Å². The molecule has 0 aromatic rings. The Morgan fingerprint density at radius 1 is 1.43 bits per heavy atom. The molecule has 0 radical (unpaired) electrons. The van der Waals surface area contributed by atoms with E-state index in [1.165, 1.54) is 5.32 Å². The smallest absolute Gasteiger partial charge is 1.00 e. The van der Waals surface area contributed by atoms with Gasteiger partial charge in [-0.05, 0) is 0 Å². The van der Waals surface area contributed by atoms with E-state index in [1.54, 1.807) is 0 Å². The van der Waals surface area contributed by atoms with Gasteiger partial charge in [0, 0.05) is 0 Å². The molecule has 0 aromatic heterocycles. The Kier molecular flexibility index (Phi) is 5.88. The van der Waals surface area contributed by atoms with Crippen LogP contribution in [0.5, 0.6) is 0 Å². The van der Waals surface area contributed by atoms with Crippen molar-refractivity contribution in [2.45, 2.75) is 5.32 Å². The first kappa shape index (κ1) is 8.00. The van der Waals surface area contributed by atoms with Crippen molar-refractivity contribution >= 4 is 15.0 Å². The molecule has 0 bridgehead atoms. The van der Waals surface area contributed by atoms with E-state index in [0.29, 0.717) is 0 Å². The zero-order valence-corrected chi connectivity index (χ0v) is 8.14. The second-order valence-electron chi connectivity index (χ2n) is 1.09. The van der Waals surface area contributed by atoms with Crippen molar-refractivity contribution in [1.82, 2.24) is 0 Å². The summed E-state index contributed by atoms with van der Waals surface area (Å²) in [6, 6.07) is 0. The van der Waals surface area contributed by atoms with Gasteiger partial charge in [0.2, 0.25) is 0 Å². The van der Waals surface area contributed by atoms with Gasteiger partial charge in [0.25, 0.3) is 0 Å². The zero-order valence-electron chi connectivity index (χ0n) is 5.42. The van der Waals surface area contributed by atoms with Crippen molar-refractivity contribution in [3.8, 4) is 0 Å². The average Bonchev–Trinajstić information content (AvgIpc) is 1.72. The Labute approximate surface area is 74.0 Å². The minimum atomic E-state index is 0. The fourth-order valence-electron chi connectivity index (χ4n) is 0.346.